The highest BCUT2D eigenvalue weighted by Gasteiger charge is 2.34. The Balaban J connectivity index is 2.26. The molecule has 2 unspecified atom stereocenters. The van der Waals surface area contributed by atoms with Gasteiger partial charge in [0.15, 0.2) is 9.84 Å². The molecule has 1 aromatic carbocycles. The third kappa shape index (κ3) is 2.88. The molecule has 17 heavy (non-hydrogen) atoms. The monoisotopic (exact) mass is 320 g/mol. The molecule has 5 heteroatoms. The first-order valence-corrected chi connectivity index (χ1v) is 8.48. The Morgan fingerprint density at radius 1 is 1.41 bits per heavy atom. The number of rotatable bonds is 3. The van der Waals surface area contributed by atoms with Gasteiger partial charge in [-0.3, -0.25) is 0 Å². The molecule has 1 aromatic rings. The highest BCUT2D eigenvalue weighted by Crippen LogP contribution is 2.35. The van der Waals surface area contributed by atoms with E-state index in [2.05, 4.69) is 15.9 Å². The molecule has 94 valence electrons. The van der Waals surface area contributed by atoms with E-state index in [0.717, 1.165) is 0 Å². The highest BCUT2D eigenvalue weighted by molar-refractivity contribution is 9.09. The molecule has 0 radical (unpaired) electrons. The van der Waals surface area contributed by atoms with Crippen LogP contribution in [0.15, 0.2) is 24.3 Å². The van der Waals surface area contributed by atoms with E-state index in [9.17, 15) is 12.8 Å². The van der Waals surface area contributed by atoms with E-state index < -0.39 is 9.84 Å². The first-order chi connectivity index (χ1) is 8.03. The van der Waals surface area contributed by atoms with E-state index in [1.54, 1.807) is 18.2 Å². The predicted molar refractivity (Wildman–Crippen MR) is 69.7 cm³/mol. The lowest BCUT2D eigenvalue weighted by atomic mass is 9.87. The van der Waals surface area contributed by atoms with Crippen molar-refractivity contribution >= 4 is 25.8 Å². The van der Waals surface area contributed by atoms with Gasteiger partial charge in [-0.25, -0.2) is 12.8 Å². The lowest BCUT2D eigenvalue weighted by Gasteiger charge is -2.21. The average molecular weight is 321 g/mol. The summed E-state index contributed by atoms with van der Waals surface area (Å²) in [5.41, 5.74) is 0.617. The molecule has 2 rings (SSSR count). The van der Waals surface area contributed by atoms with Gasteiger partial charge in [0.2, 0.25) is 0 Å². The van der Waals surface area contributed by atoms with Crippen molar-refractivity contribution in [3.63, 3.8) is 0 Å². The number of sulfone groups is 1. The summed E-state index contributed by atoms with van der Waals surface area (Å²) in [6.07, 6.45) is 0.632. The average Bonchev–Trinajstić information content (AvgIpc) is 2.63. The van der Waals surface area contributed by atoms with E-state index in [1.807, 2.05) is 0 Å². The fraction of sp³-hybridized carbons (Fsp3) is 0.500. The van der Waals surface area contributed by atoms with Crippen LogP contribution in [0.25, 0.3) is 0 Å². The standard InChI is InChI=1S/C12H14BrFO2S/c13-7-11(9-5-6-17(15,16)8-9)10-3-1-2-4-12(10)14/h1-4,9,11H,5-8H2. The summed E-state index contributed by atoms with van der Waals surface area (Å²) >= 11 is 3.37. The van der Waals surface area contributed by atoms with Gasteiger partial charge >= 0.3 is 0 Å². The molecule has 0 spiro atoms. The summed E-state index contributed by atoms with van der Waals surface area (Å²) in [5.74, 6) is 0.124. The normalized spacial score (nSPS) is 24.7. The van der Waals surface area contributed by atoms with E-state index in [-0.39, 0.29) is 29.2 Å². The largest absolute Gasteiger partial charge is 0.229 e. The first-order valence-electron chi connectivity index (χ1n) is 5.54. The molecular formula is C12H14BrFO2S. The van der Waals surface area contributed by atoms with Crippen LogP contribution in [0.5, 0.6) is 0 Å². The molecule has 0 amide bonds. The van der Waals surface area contributed by atoms with Gasteiger partial charge in [0, 0.05) is 11.2 Å². The van der Waals surface area contributed by atoms with Crippen LogP contribution < -0.4 is 0 Å². The van der Waals surface area contributed by atoms with Crippen molar-refractivity contribution < 1.29 is 12.8 Å². The summed E-state index contributed by atoms with van der Waals surface area (Å²) in [6.45, 7) is 0. The van der Waals surface area contributed by atoms with Crippen LogP contribution in [0.1, 0.15) is 17.9 Å². The molecule has 1 aliphatic heterocycles. The minimum Gasteiger partial charge on any atom is -0.229 e. The summed E-state index contributed by atoms with van der Waals surface area (Å²) in [4.78, 5) is 0. The van der Waals surface area contributed by atoms with Crippen LogP contribution in [0.2, 0.25) is 0 Å². The van der Waals surface area contributed by atoms with Crippen molar-refractivity contribution in [2.45, 2.75) is 12.3 Å². The number of hydrogen-bond acceptors (Lipinski definition) is 2. The molecule has 1 fully saturated rings. The Labute approximate surface area is 109 Å². The molecule has 0 bridgehead atoms. The second kappa shape index (κ2) is 5.06. The van der Waals surface area contributed by atoms with Crippen molar-refractivity contribution in [1.82, 2.24) is 0 Å². The Morgan fingerprint density at radius 3 is 2.65 bits per heavy atom. The van der Waals surface area contributed by atoms with E-state index in [1.165, 1.54) is 6.07 Å². The second-order valence-corrected chi connectivity index (χ2v) is 7.32. The molecule has 1 aliphatic rings. The Hall–Kier alpha value is -0.420. The summed E-state index contributed by atoms with van der Waals surface area (Å²) in [7, 11) is -2.91. The van der Waals surface area contributed by atoms with E-state index >= 15 is 0 Å². The van der Waals surface area contributed by atoms with E-state index in [0.29, 0.717) is 17.3 Å². The molecule has 0 aromatic heterocycles. The lowest BCUT2D eigenvalue weighted by Crippen LogP contribution is -2.17. The van der Waals surface area contributed by atoms with Crippen LogP contribution >= 0.6 is 15.9 Å². The minimum atomic E-state index is -2.91. The topological polar surface area (TPSA) is 34.1 Å². The second-order valence-electron chi connectivity index (χ2n) is 4.45. The Bertz CT molecular complexity index is 501. The molecule has 0 aliphatic carbocycles. The zero-order valence-corrected chi connectivity index (χ0v) is 11.7. The molecular weight excluding hydrogens is 307 g/mol. The number of benzene rings is 1. The SMILES string of the molecule is O=S1(=O)CCC(C(CBr)c2ccccc2F)C1. The van der Waals surface area contributed by atoms with E-state index in [4.69, 9.17) is 0 Å². The molecule has 2 atom stereocenters. The molecule has 2 nitrogen and oxygen atoms in total. The van der Waals surface area contributed by atoms with Crippen molar-refractivity contribution in [3.8, 4) is 0 Å². The summed E-state index contributed by atoms with van der Waals surface area (Å²) in [5, 5.41) is 0.591. The van der Waals surface area contributed by atoms with Crippen LogP contribution in [-0.2, 0) is 9.84 Å². The van der Waals surface area contributed by atoms with Crippen molar-refractivity contribution in [2.24, 2.45) is 5.92 Å². The molecule has 1 saturated heterocycles. The molecule has 0 saturated carbocycles. The fourth-order valence-electron chi connectivity index (χ4n) is 2.38. The van der Waals surface area contributed by atoms with Gasteiger partial charge in [0.1, 0.15) is 5.82 Å². The maximum atomic E-state index is 13.7. The zero-order valence-electron chi connectivity index (χ0n) is 9.27. The van der Waals surface area contributed by atoms with Gasteiger partial charge in [-0.2, -0.15) is 0 Å². The Kier molecular flexibility index (Phi) is 3.88. The van der Waals surface area contributed by atoms with Gasteiger partial charge < -0.3 is 0 Å². The maximum absolute atomic E-state index is 13.7. The van der Waals surface area contributed by atoms with Crippen molar-refractivity contribution in [3.05, 3.63) is 35.6 Å². The van der Waals surface area contributed by atoms with Crippen LogP contribution in [0.3, 0.4) is 0 Å². The minimum absolute atomic E-state index is 0.0243. The van der Waals surface area contributed by atoms with Crippen LogP contribution in [0, 0.1) is 11.7 Å². The van der Waals surface area contributed by atoms with Gasteiger partial charge in [-0.15, -0.1) is 0 Å². The maximum Gasteiger partial charge on any atom is 0.150 e. The Morgan fingerprint density at radius 2 is 2.12 bits per heavy atom. The van der Waals surface area contributed by atoms with Gasteiger partial charge in [-0.05, 0) is 24.0 Å². The smallest absolute Gasteiger partial charge is 0.150 e. The zero-order chi connectivity index (χ0) is 12.5. The van der Waals surface area contributed by atoms with Gasteiger partial charge in [0.25, 0.3) is 0 Å². The number of alkyl halides is 1. The molecule has 0 N–H and O–H groups in total. The molecule has 1 heterocycles. The number of hydrogen-bond donors (Lipinski definition) is 0. The van der Waals surface area contributed by atoms with Crippen LogP contribution in [-0.4, -0.2) is 25.3 Å². The number of halogens is 2. The first kappa shape index (κ1) is 13.0. The fourth-order valence-corrected chi connectivity index (χ4v) is 5.14. The van der Waals surface area contributed by atoms with Gasteiger partial charge in [0.05, 0.1) is 11.5 Å². The third-order valence-electron chi connectivity index (χ3n) is 3.31. The predicted octanol–water partition coefficient (Wildman–Crippen LogP) is 2.74. The van der Waals surface area contributed by atoms with Crippen LogP contribution in [0.4, 0.5) is 4.39 Å². The quantitative estimate of drug-likeness (QED) is 0.802. The van der Waals surface area contributed by atoms with Crippen molar-refractivity contribution in [1.29, 1.82) is 0 Å². The van der Waals surface area contributed by atoms with Gasteiger partial charge in [-0.1, -0.05) is 34.1 Å². The summed E-state index contributed by atoms with van der Waals surface area (Å²) < 4.78 is 36.6. The highest BCUT2D eigenvalue weighted by atomic mass is 79.9. The third-order valence-corrected chi connectivity index (χ3v) is 5.80. The lowest BCUT2D eigenvalue weighted by molar-refractivity contribution is 0.481. The van der Waals surface area contributed by atoms with Crippen molar-refractivity contribution in [2.75, 3.05) is 16.8 Å². The summed E-state index contributed by atoms with van der Waals surface area (Å²) in [6, 6.07) is 6.60.